The monoisotopic (exact) mass is 479 g/mol. The molecule has 0 spiro atoms. The minimum atomic E-state index is -0.264. The molecule has 0 bridgehead atoms. The summed E-state index contributed by atoms with van der Waals surface area (Å²) in [5.41, 5.74) is 4.28. The van der Waals surface area contributed by atoms with Gasteiger partial charge in [-0.3, -0.25) is 14.3 Å². The van der Waals surface area contributed by atoms with Gasteiger partial charge in [-0.2, -0.15) is 10.2 Å². The van der Waals surface area contributed by atoms with E-state index in [1.54, 1.807) is 6.07 Å². The summed E-state index contributed by atoms with van der Waals surface area (Å²) in [6.45, 7) is 6.19. The lowest BCUT2D eigenvalue weighted by molar-refractivity contribution is -0.111. The first kappa shape index (κ1) is 22.2. The quantitative estimate of drug-likeness (QED) is 0.385. The largest absolute Gasteiger partial charge is 0.380 e. The Morgan fingerprint density at radius 3 is 2.50 bits per heavy atom. The molecule has 2 aromatic heterocycles. The smallest absolute Gasteiger partial charge is 0.276 e. The third-order valence-electron chi connectivity index (χ3n) is 6.74. The fourth-order valence-electron chi connectivity index (χ4n) is 4.84. The summed E-state index contributed by atoms with van der Waals surface area (Å²) in [4.78, 5) is 25.5. The molecule has 6 rings (SSSR count). The van der Waals surface area contributed by atoms with Crippen LogP contribution in [0, 0.1) is 12.3 Å². The molecule has 8 heteroatoms. The number of carbonyl (C=O) groups excluding carboxylic acids is 1. The molecule has 1 fully saturated rings. The number of nitrogens with zero attached hydrogens (tertiary/aromatic N) is 3. The van der Waals surface area contributed by atoms with Gasteiger partial charge < -0.3 is 10.1 Å². The van der Waals surface area contributed by atoms with Crippen LogP contribution >= 0.6 is 0 Å². The molecule has 1 amide bonds. The van der Waals surface area contributed by atoms with Crippen molar-refractivity contribution < 1.29 is 9.53 Å². The SMILES string of the molecule is Cc1cc(NC(=O)c2nn(CC3(C)COC3)c3ccccc23)ccc1-c1n[nH]c(=O)c2ccccc12. The first-order valence-corrected chi connectivity index (χ1v) is 11.8. The molecule has 1 aliphatic rings. The van der Waals surface area contributed by atoms with Crippen LogP contribution in [-0.2, 0) is 11.3 Å². The van der Waals surface area contributed by atoms with Crippen molar-refractivity contribution in [2.75, 3.05) is 18.5 Å². The van der Waals surface area contributed by atoms with Crippen LogP contribution in [0.25, 0.3) is 32.9 Å². The van der Waals surface area contributed by atoms with Crippen LogP contribution in [0.15, 0.2) is 71.5 Å². The number of nitrogens with one attached hydrogen (secondary N) is 2. The van der Waals surface area contributed by atoms with Gasteiger partial charge in [0.2, 0.25) is 0 Å². The summed E-state index contributed by atoms with van der Waals surface area (Å²) in [6.07, 6.45) is 0. The zero-order valence-corrected chi connectivity index (χ0v) is 20.0. The van der Waals surface area contributed by atoms with Gasteiger partial charge in [0.1, 0.15) is 0 Å². The number of H-pyrrole nitrogens is 1. The molecule has 8 nitrogen and oxygen atoms in total. The van der Waals surface area contributed by atoms with Crippen molar-refractivity contribution in [1.29, 1.82) is 0 Å². The molecule has 0 unspecified atom stereocenters. The van der Waals surface area contributed by atoms with Gasteiger partial charge in [-0.15, -0.1) is 0 Å². The first-order chi connectivity index (χ1) is 17.4. The van der Waals surface area contributed by atoms with E-state index in [9.17, 15) is 9.59 Å². The second-order valence-electron chi connectivity index (χ2n) is 9.76. The van der Waals surface area contributed by atoms with E-state index in [1.807, 2.05) is 72.3 Å². The van der Waals surface area contributed by atoms with E-state index in [1.165, 1.54) is 0 Å². The predicted octanol–water partition coefficient (Wildman–Crippen LogP) is 4.54. The number of para-hydroxylation sites is 1. The van der Waals surface area contributed by atoms with E-state index < -0.39 is 0 Å². The molecule has 180 valence electrons. The van der Waals surface area contributed by atoms with Crippen LogP contribution in [0.1, 0.15) is 23.0 Å². The molecule has 5 aromatic rings. The Kier molecular flexibility index (Phi) is 5.19. The van der Waals surface area contributed by atoms with Gasteiger partial charge in [-0.25, -0.2) is 5.10 Å². The van der Waals surface area contributed by atoms with E-state index in [4.69, 9.17) is 4.74 Å². The van der Waals surface area contributed by atoms with Crippen LogP contribution in [0.4, 0.5) is 5.69 Å². The molecule has 0 aliphatic carbocycles. The highest BCUT2D eigenvalue weighted by Gasteiger charge is 2.35. The fourth-order valence-corrected chi connectivity index (χ4v) is 4.84. The number of aryl methyl sites for hydroxylation is 1. The Balaban J connectivity index is 1.31. The molecule has 1 aliphatic heterocycles. The lowest BCUT2D eigenvalue weighted by Gasteiger charge is -2.37. The van der Waals surface area contributed by atoms with Crippen LogP contribution in [-0.4, -0.2) is 39.1 Å². The maximum absolute atomic E-state index is 13.3. The van der Waals surface area contributed by atoms with E-state index in [-0.39, 0.29) is 16.9 Å². The number of fused-ring (bicyclic) bond motifs is 2. The first-order valence-electron chi connectivity index (χ1n) is 11.8. The molecule has 3 heterocycles. The van der Waals surface area contributed by atoms with Gasteiger partial charge >= 0.3 is 0 Å². The molecule has 36 heavy (non-hydrogen) atoms. The van der Waals surface area contributed by atoms with Gasteiger partial charge in [-0.1, -0.05) is 49.4 Å². The summed E-state index contributed by atoms with van der Waals surface area (Å²) >= 11 is 0. The summed E-state index contributed by atoms with van der Waals surface area (Å²) < 4.78 is 7.31. The zero-order valence-electron chi connectivity index (χ0n) is 20.0. The minimum absolute atomic E-state index is 0.0232. The summed E-state index contributed by atoms with van der Waals surface area (Å²) in [6, 6.07) is 20.8. The van der Waals surface area contributed by atoms with E-state index in [0.29, 0.717) is 42.2 Å². The van der Waals surface area contributed by atoms with Crippen molar-refractivity contribution in [3.8, 4) is 11.3 Å². The van der Waals surface area contributed by atoms with Crippen molar-refractivity contribution in [3.63, 3.8) is 0 Å². The van der Waals surface area contributed by atoms with E-state index >= 15 is 0 Å². The minimum Gasteiger partial charge on any atom is -0.380 e. The van der Waals surface area contributed by atoms with Crippen molar-refractivity contribution in [1.82, 2.24) is 20.0 Å². The average Bonchev–Trinajstić information content (AvgIpc) is 3.22. The maximum Gasteiger partial charge on any atom is 0.276 e. The second-order valence-corrected chi connectivity index (χ2v) is 9.76. The molecular formula is C28H25N5O3. The van der Waals surface area contributed by atoms with Gasteiger partial charge in [0, 0.05) is 27.4 Å². The van der Waals surface area contributed by atoms with Crippen LogP contribution < -0.4 is 10.9 Å². The van der Waals surface area contributed by atoms with Gasteiger partial charge in [0.15, 0.2) is 5.69 Å². The number of anilines is 1. The highest BCUT2D eigenvalue weighted by molar-refractivity contribution is 6.11. The lowest BCUT2D eigenvalue weighted by atomic mass is 9.89. The Labute approximate surface area is 206 Å². The molecule has 2 N–H and O–H groups in total. The van der Waals surface area contributed by atoms with Crippen LogP contribution in [0.3, 0.4) is 0 Å². The number of aromatic nitrogens is 4. The highest BCUT2D eigenvalue weighted by atomic mass is 16.5. The number of rotatable bonds is 5. The van der Waals surface area contributed by atoms with Gasteiger partial charge in [0.05, 0.1) is 36.4 Å². The van der Waals surface area contributed by atoms with Crippen molar-refractivity contribution in [3.05, 3.63) is 88.3 Å². The standard InChI is InChI=1S/C28H25N5O3/c1-17-13-18(11-12-19(17)24-20-7-3-4-8-21(20)26(34)31-30-24)29-27(35)25-22-9-5-6-10-23(22)33(32-25)14-28(2)15-36-16-28/h3-13H,14-16H2,1-2H3,(H,29,35)(H,31,34). The molecule has 3 aromatic carbocycles. The molecule has 1 saturated heterocycles. The Morgan fingerprint density at radius 2 is 1.78 bits per heavy atom. The molecule has 0 radical (unpaired) electrons. The molecule has 0 saturated carbocycles. The van der Waals surface area contributed by atoms with Crippen molar-refractivity contribution >= 4 is 33.3 Å². The van der Waals surface area contributed by atoms with Gasteiger partial charge in [-0.05, 0) is 36.8 Å². The Bertz CT molecular complexity index is 1700. The van der Waals surface area contributed by atoms with E-state index in [0.717, 1.165) is 27.4 Å². The molecular weight excluding hydrogens is 454 g/mol. The summed E-state index contributed by atoms with van der Waals surface area (Å²) in [5, 5.41) is 16.8. The van der Waals surface area contributed by atoms with Crippen LogP contribution in [0.2, 0.25) is 0 Å². The second kappa shape index (κ2) is 8.42. The normalized spacial score (nSPS) is 14.6. The lowest BCUT2D eigenvalue weighted by Crippen LogP contribution is -2.43. The molecule has 0 atom stereocenters. The Morgan fingerprint density at radius 1 is 1.06 bits per heavy atom. The van der Waals surface area contributed by atoms with Crippen molar-refractivity contribution in [2.45, 2.75) is 20.4 Å². The fraction of sp³-hybridized carbons (Fsp3) is 0.214. The van der Waals surface area contributed by atoms with E-state index in [2.05, 4.69) is 27.5 Å². The topological polar surface area (TPSA) is 102 Å². The maximum atomic E-state index is 13.3. The van der Waals surface area contributed by atoms with Crippen LogP contribution in [0.5, 0.6) is 0 Å². The highest BCUT2D eigenvalue weighted by Crippen LogP contribution is 2.32. The number of amides is 1. The third kappa shape index (κ3) is 3.76. The average molecular weight is 480 g/mol. The number of ether oxygens (including phenoxy) is 1. The van der Waals surface area contributed by atoms with Crippen molar-refractivity contribution in [2.24, 2.45) is 5.41 Å². The zero-order chi connectivity index (χ0) is 24.9. The van der Waals surface area contributed by atoms with Gasteiger partial charge in [0.25, 0.3) is 11.5 Å². The number of hydrogen-bond donors (Lipinski definition) is 2. The number of carbonyl (C=O) groups is 1. The summed E-state index contributed by atoms with van der Waals surface area (Å²) in [5.74, 6) is -0.264. The summed E-state index contributed by atoms with van der Waals surface area (Å²) in [7, 11) is 0. The Hall–Kier alpha value is -4.30. The number of hydrogen-bond acceptors (Lipinski definition) is 5. The third-order valence-corrected chi connectivity index (χ3v) is 6.74. The predicted molar refractivity (Wildman–Crippen MR) is 139 cm³/mol. The number of benzene rings is 3. The number of aromatic amines is 1.